The van der Waals surface area contributed by atoms with Crippen LogP contribution in [-0.2, 0) is 16.1 Å². The maximum absolute atomic E-state index is 14.2. The third-order valence-corrected chi connectivity index (χ3v) is 7.05. The molecular formula is C32H32FN3O4. The minimum Gasteiger partial charge on any atom is -0.497 e. The number of hydrogen-bond acceptors (Lipinski definition) is 4. The van der Waals surface area contributed by atoms with Crippen LogP contribution in [0.5, 0.6) is 5.75 Å². The van der Waals surface area contributed by atoms with Gasteiger partial charge in [0.05, 0.1) is 13.2 Å². The van der Waals surface area contributed by atoms with Crippen molar-refractivity contribution in [2.75, 3.05) is 20.3 Å². The number of aromatic nitrogens is 1. The van der Waals surface area contributed by atoms with Crippen molar-refractivity contribution in [3.05, 3.63) is 114 Å². The van der Waals surface area contributed by atoms with Crippen molar-refractivity contribution < 1.29 is 23.5 Å². The van der Waals surface area contributed by atoms with Gasteiger partial charge in [0, 0.05) is 25.4 Å². The van der Waals surface area contributed by atoms with Crippen LogP contribution in [0.15, 0.2) is 91.0 Å². The number of benzene rings is 3. The Kier molecular flexibility index (Phi) is 8.56. The van der Waals surface area contributed by atoms with Gasteiger partial charge in [-0.15, -0.1) is 0 Å². The average molecular weight is 542 g/mol. The van der Waals surface area contributed by atoms with Gasteiger partial charge in [0.15, 0.2) is 0 Å². The lowest BCUT2D eigenvalue weighted by Crippen LogP contribution is -2.45. The number of methoxy groups -OCH3 is 1. The second-order valence-corrected chi connectivity index (χ2v) is 9.77. The lowest BCUT2D eigenvalue weighted by molar-refractivity contribution is -0.126. The van der Waals surface area contributed by atoms with Gasteiger partial charge in [-0.25, -0.2) is 4.39 Å². The van der Waals surface area contributed by atoms with Crippen LogP contribution in [0.2, 0.25) is 0 Å². The third kappa shape index (κ3) is 6.40. The molecule has 0 saturated carbocycles. The summed E-state index contributed by atoms with van der Waals surface area (Å²) in [4.78, 5) is 32.7. The topological polar surface area (TPSA) is 83.7 Å². The van der Waals surface area contributed by atoms with Crippen LogP contribution >= 0.6 is 0 Å². The molecule has 2 N–H and O–H groups in total. The van der Waals surface area contributed by atoms with E-state index in [4.69, 9.17) is 9.47 Å². The maximum Gasteiger partial charge on any atom is 0.271 e. The fourth-order valence-electron chi connectivity index (χ4n) is 4.90. The van der Waals surface area contributed by atoms with E-state index in [0.717, 1.165) is 29.7 Å². The van der Waals surface area contributed by atoms with Crippen molar-refractivity contribution in [3.63, 3.8) is 0 Å². The second-order valence-electron chi connectivity index (χ2n) is 9.77. The van der Waals surface area contributed by atoms with E-state index in [1.54, 1.807) is 25.3 Å². The molecule has 1 aliphatic heterocycles. The first kappa shape index (κ1) is 27.1. The molecule has 2 heterocycles. The van der Waals surface area contributed by atoms with Crippen LogP contribution in [0.1, 0.15) is 40.5 Å². The van der Waals surface area contributed by atoms with E-state index < -0.39 is 11.9 Å². The van der Waals surface area contributed by atoms with Crippen molar-refractivity contribution in [2.24, 2.45) is 0 Å². The Hall–Kier alpha value is -4.43. The zero-order valence-corrected chi connectivity index (χ0v) is 22.3. The standard InChI is InChI=1S/C32H32FN3O4/c1-39-26-15-9-22(10-16-26)21-36(32(38)29-18-17-28(35-29)23-6-3-2-4-7-23)30(24-11-13-25(33)14-12-24)31(37)34-20-27-8-5-19-40-27/h2-4,6-7,9-18,27,30,35H,5,8,19-21H2,1H3,(H,34,37)/t27-,30+/m0/s1. The first-order valence-corrected chi connectivity index (χ1v) is 13.3. The lowest BCUT2D eigenvalue weighted by Gasteiger charge is -2.31. The van der Waals surface area contributed by atoms with Gasteiger partial charge in [-0.1, -0.05) is 54.6 Å². The Bertz CT molecular complexity index is 1410. The molecule has 8 heteroatoms. The molecule has 40 heavy (non-hydrogen) atoms. The van der Waals surface area contributed by atoms with Gasteiger partial charge in [0.2, 0.25) is 5.91 Å². The Balaban J connectivity index is 1.51. The molecule has 1 saturated heterocycles. The molecule has 2 amide bonds. The SMILES string of the molecule is COc1ccc(CN(C(=O)c2ccc(-c3ccccc3)[nH]2)[C@@H](C(=O)NC[C@@H]2CCCO2)c2ccc(F)cc2)cc1. The van der Waals surface area contributed by atoms with Crippen LogP contribution < -0.4 is 10.1 Å². The Labute approximate surface area is 232 Å². The van der Waals surface area contributed by atoms with Gasteiger partial charge < -0.3 is 24.7 Å². The van der Waals surface area contributed by atoms with Crippen molar-refractivity contribution in [3.8, 4) is 17.0 Å². The number of halogens is 1. The number of carbonyl (C=O) groups excluding carboxylic acids is 2. The number of nitrogens with one attached hydrogen (secondary N) is 2. The minimum atomic E-state index is -1.01. The minimum absolute atomic E-state index is 0.0691. The van der Waals surface area contributed by atoms with Gasteiger partial charge in [0.25, 0.3) is 5.91 Å². The highest BCUT2D eigenvalue weighted by Crippen LogP contribution is 2.28. The van der Waals surface area contributed by atoms with Crippen molar-refractivity contribution in [1.29, 1.82) is 0 Å². The van der Waals surface area contributed by atoms with Gasteiger partial charge in [-0.2, -0.15) is 0 Å². The largest absolute Gasteiger partial charge is 0.497 e. The molecule has 0 bridgehead atoms. The molecular weight excluding hydrogens is 509 g/mol. The molecule has 0 aliphatic carbocycles. The number of nitrogens with zero attached hydrogens (tertiary/aromatic N) is 1. The summed E-state index contributed by atoms with van der Waals surface area (Å²) < 4.78 is 24.9. The molecule has 2 atom stereocenters. The second kappa shape index (κ2) is 12.6. The molecule has 7 nitrogen and oxygen atoms in total. The summed E-state index contributed by atoms with van der Waals surface area (Å²) in [6, 6.07) is 25.3. The fourth-order valence-corrected chi connectivity index (χ4v) is 4.90. The first-order chi connectivity index (χ1) is 19.5. The number of rotatable bonds is 10. The summed E-state index contributed by atoms with van der Waals surface area (Å²) in [7, 11) is 1.59. The molecule has 206 valence electrons. The first-order valence-electron chi connectivity index (χ1n) is 13.3. The molecule has 0 unspecified atom stereocenters. The molecule has 1 fully saturated rings. The predicted molar refractivity (Wildman–Crippen MR) is 150 cm³/mol. The molecule has 5 rings (SSSR count). The van der Waals surface area contributed by atoms with E-state index in [2.05, 4.69) is 10.3 Å². The predicted octanol–water partition coefficient (Wildman–Crippen LogP) is 5.51. The quantitative estimate of drug-likeness (QED) is 0.277. The normalized spacial score (nSPS) is 15.4. The van der Waals surface area contributed by atoms with E-state index in [-0.39, 0.29) is 24.5 Å². The zero-order valence-electron chi connectivity index (χ0n) is 22.3. The summed E-state index contributed by atoms with van der Waals surface area (Å²) in [5.74, 6) is -0.464. The number of amides is 2. The molecule has 0 radical (unpaired) electrons. The van der Waals surface area contributed by atoms with Crippen LogP contribution in [-0.4, -0.2) is 48.1 Å². The summed E-state index contributed by atoms with van der Waals surface area (Å²) in [6.45, 7) is 1.14. The Morgan fingerprint density at radius 1 is 1.02 bits per heavy atom. The van der Waals surface area contributed by atoms with E-state index in [9.17, 15) is 14.0 Å². The molecule has 3 aromatic carbocycles. The zero-order chi connectivity index (χ0) is 27.9. The molecule has 1 aliphatic rings. The summed E-state index contributed by atoms with van der Waals surface area (Å²) >= 11 is 0. The smallest absolute Gasteiger partial charge is 0.271 e. The average Bonchev–Trinajstić information content (AvgIpc) is 3.70. The Morgan fingerprint density at radius 2 is 1.77 bits per heavy atom. The Morgan fingerprint density at radius 3 is 2.45 bits per heavy atom. The van der Waals surface area contributed by atoms with Gasteiger partial charge in [-0.05, 0) is 65.9 Å². The van der Waals surface area contributed by atoms with Crippen LogP contribution in [0.4, 0.5) is 4.39 Å². The number of aromatic amines is 1. The summed E-state index contributed by atoms with van der Waals surface area (Å²) in [6.07, 6.45) is 1.74. The summed E-state index contributed by atoms with van der Waals surface area (Å²) in [5, 5.41) is 2.98. The molecule has 4 aromatic rings. The van der Waals surface area contributed by atoms with Gasteiger partial charge in [0.1, 0.15) is 23.3 Å². The van der Waals surface area contributed by atoms with E-state index >= 15 is 0 Å². The highest BCUT2D eigenvalue weighted by atomic mass is 19.1. The third-order valence-electron chi connectivity index (χ3n) is 7.05. The van der Waals surface area contributed by atoms with Crippen molar-refractivity contribution >= 4 is 11.8 Å². The molecule has 1 aromatic heterocycles. The van der Waals surface area contributed by atoms with Crippen LogP contribution in [0, 0.1) is 5.82 Å². The van der Waals surface area contributed by atoms with Gasteiger partial charge >= 0.3 is 0 Å². The van der Waals surface area contributed by atoms with E-state index in [0.29, 0.717) is 30.2 Å². The highest BCUT2D eigenvalue weighted by Gasteiger charge is 2.33. The van der Waals surface area contributed by atoms with E-state index in [1.165, 1.54) is 17.0 Å². The van der Waals surface area contributed by atoms with Crippen LogP contribution in [0.3, 0.4) is 0 Å². The number of H-pyrrole nitrogens is 1. The van der Waals surface area contributed by atoms with Gasteiger partial charge in [-0.3, -0.25) is 9.59 Å². The monoisotopic (exact) mass is 541 g/mol. The maximum atomic E-state index is 14.2. The van der Waals surface area contributed by atoms with Crippen LogP contribution in [0.25, 0.3) is 11.3 Å². The number of hydrogen-bond donors (Lipinski definition) is 2. The van der Waals surface area contributed by atoms with Crippen molar-refractivity contribution in [1.82, 2.24) is 15.2 Å². The highest BCUT2D eigenvalue weighted by molar-refractivity contribution is 5.97. The lowest BCUT2D eigenvalue weighted by atomic mass is 10.0. The molecule has 0 spiro atoms. The van der Waals surface area contributed by atoms with E-state index in [1.807, 2.05) is 60.7 Å². The summed E-state index contributed by atoms with van der Waals surface area (Å²) in [5.41, 5.74) is 3.37. The van der Waals surface area contributed by atoms with Crippen molar-refractivity contribution in [2.45, 2.75) is 31.5 Å². The fraction of sp³-hybridized carbons (Fsp3) is 0.250. The number of ether oxygens (including phenoxy) is 2. The number of carbonyl (C=O) groups is 2.